The number of hydrogen-bond donors (Lipinski definition) is 1. The van der Waals surface area contributed by atoms with Crippen molar-refractivity contribution >= 4 is 11.9 Å². The highest BCUT2D eigenvalue weighted by Gasteiger charge is 2.05. The normalized spacial score (nSPS) is 8.75. The second-order valence-corrected chi connectivity index (χ2v) is 1.79. The van der Waals surface area contributed by atoms with E-state index in [0.717, 1.165) is 0 Å². The molecule has 0 bridgehead atoms. The van der Waals surface area contributed by atoms with E-state index >= 15 is 0 Å². The van der Waals surface area contributed by atoms with Crippen LogP contribution in [0.1, 0.15) is 0 Å². The number of ether oxygens (including phenoxy) is 2. The predicted octanol–water partition coefficient (Wildman–Crippen LogP) is -0.749. The third-order valence-electron chi connectivity index (χ3n) is 0.842. The van der Waals surface area contributed by atoms with Crippen LogP contribution in [0.25, 0.3) is 0 Å². The number of rotatable bonds is 5. The van der Waals surface area contributed by atoms with Gasteiger partial charge in [-0.15, -0.1) is 0 Å². The molecule has 0 aromatic rings. The van der Waals surface area contributed by atoms with Crippen LogP contribution in [0.3, 0.4) is 0 Å². The number of carbonyl (C=O) groups excluding carboxylic acids is 2. The summed E-state index contributed by atoms with van der Waals surface area (Å²) in [5.74, 6) is -1.53. The molecule has 5 heteroatoms. The second-order valence-electron chi connectivity index (χ2n) is 1.79. The molecule has 12 heavy (non-hydrogen) atoms. The SMILES string of the molecule is C=CCOC(=O)COC(=O)CO. The first-order valence-corrected chi connectivity index (χ1v) is 3.23. The van der Waals surface area contributed by atoms with Crippen molar-refractivity contribution in [1.82, 2.24) is 0 Å². The summed E-state index contributed by atoms with van der Waals surface area (Å²) in [4.78, 5) is 20.9. The van der Waals surface area contributed by atoms with Gasteiger partial charge in [-0.2, -0.15) is 0 Å². The van der Waals surface area contributed by atoms with Crippen molar-refractivity contribution in [3.63, 3.8) is 0 Å². The van der Waals surface area contributed by atoms with E-state index in [4.69, 9.17) is 5.11 Å². The van der Waals surface area contributed by atoms with E-state index in [1.807, 2.05) is 0 Å². The van der Waals surface area contributed by atoms with Gasteiger partial charge in [-0.1, -0.05) is 12.7 Å². The fraction of sp³-hybridized carbons (Fsp3) is 0.429. The van der Waals surface area contributed by atoms with Crippen LogP contribution in [0.4, 0.5) is 0 Å². The Bertz CT molecular complexity index is 175. The van der Waals surface area contributed by atoms with Gasteiger partial charge in [-0.05, 0) is 0 Å². The molecule has 0 aliphatic heterocycles. The van der Waals surface area contributed by atoms with E-state index in [2.05, 4.69) is 16.1 Å². The van der Waals surface area contributed by atoms with E-state index in [1.165, 1.54) is 6.08 Å². The van der Waals surface area contributed by atoms with Gasteiger partial charge in [-0.25, -0.2) is 9.59 Å². The van der Waals surface area contributed by atoms with Crippen molar-refractivity contribution in [2.24, 2.45) is 0 Å². The molecule has 0 unspecified atom stereocenters. The molecule has 0 aromatic carbocycles. The lowest BCUT2D eigenvalue weighted by Crippen LogP contribution is -2.18. The molecule has 68 valence electrons. The summed E-state index contributed by atoms with van der Waals surface area (Å²) < 4.78 is 8.72. The fourth-order valence-corrected chi connectivity index (χ4v) is 0.379. The lowest BCUT2D eigenvalue weighted by atomic mass is 10.6. The number of esters is 2. The standard InChI is InChI=1S/C7H10O5/c1-2-3-11-7(10)5-12-6(9)4-8/h2,8H,1,3-5H2. The van der Waals surface area contributed by atoms with Gasteiger partial charge in [-0.3, -0.25) is 0 Å². The summed E-state index contributed by atoms with van der Waals surface area (Å²) in [6, 6.07) is 0. The van der Waals surface area contributed by atoms with Crippen molar-refractivity contribution in [1.29, 1.82) is 0 Å². The Morgan fingerprint density at radius 2 is 2.00 bits per heavy atom. The number of carbonyl (C=O) groups is 2. The molecule has 0 atom stereocenters. The van der Waals surface area contributed by atoms with Gasteiger partial charge >= 0.3 is 11.9 Å². The minimum Gasteiger partial charge on any atom is -0.459 e. The summed E-state index contributed by atoms with van der Waals surface area (Å²) >= 11 is 0. The van der Waals surface area contributed by atoms with Crippen molar-refractivity contribution in [3.8, 4) is 0 Å². The van der Waals surface area contributed by atoms with Crippen LogP contribution in [0.5, 0.6) is 0 Å². The minimum atomic E-state index is -0.856. The maximum atomic E-state index is 10.6. The van der Waals surface area contributed by atoms with Crippen molar-refractivity contribution in [2.45, 2.75) is 0 Å². The Morgan fingerprint density at radius 1 is 1.33 bits per heavy atom. The van der Waals surface area contributed by atoms with Crippen molar-refractivity contribution < 1.29 is 24.2 Å². The quantitative estimate of drug-likeness (QED) is 0.438. The molecule has 0 amide bonds. The minimum absolute atomic E-state index is 0.0789. The lowest BCUT2D eigenvalue weighted by Gasteiger charge is -2.01. The number of aliphatic hydroxyl groups is 1. The van der Waals surface area contributed by atoms with Gasteiger partial charge in [0.25, 0.3) is 0 Å². The smallest absolute Gasteiger partial charge is 0.344 e. The summed E-state index contributed by atoms with van der Waals surface area (Å²) in [7, 11) is 0. The zero-order chi connectivity index (χ0) is 9.40. The maximum absolute atomic E-state index is 10.6. The van der Waals surface area contributed by atoms with Crippen LogP contribution in [0, 0.1) is 0 Å². The largest absolute Gasteiger partial charge is 0.459 e. The van der Waals surface area contributed by atoms with Crippen LogP contribution in [0.2, 0.25) is 0 Å². The Labute approximate surface area is 69.6 Å². The molecule has 0 heterocycles. The van der Waals surface area contributed by atoms with Gasteiger partial charge in [0.05, 0.1) is 0 Å². The summed E-state index contributed by atoms with van der Waals surface area (Å²) in [6.45, 7) is 2.18. The Hall–Kier alpha value is -1.36. The summed E-state index contributed by atoms with van der Waals surface area (Å²) in [5.41, 5.74) is 0. The van der Waals surface area contributed by atoms with Gasteiger partial charge < -0.3 is 14.6 Å². The monoisotopic (exact) mass is 174 g/mol. The topological polar surface area (TPSA) is 72.8 Å². The third kappa shape index (κ3) is 5.43. The molecular formula is C7H10O5. The molecule has 0 rings (SSSR count). The highest BCUT2D eigenvalue weighted by atomic mass is 16.6. The van der Waals surface area contributed by atoms with Gasteiger partial charge in [0.1, 0.15) is 13.2 Å². The molecule has 0 aliphatic carbocycles. The van der Waals surface area contributed by atoms with E-state index in [1.54, 1.807) is 0 Å². The van der Waals surface area contributed by atoms with Crippen LogP contribution >= 0.6 is 0 Å². The Kier molecular flexibility index (Phi) is 5.64. The van der Waals surface area contributed by atoms with E-state index < -0.39 is 25.2 Å². The van der Waals surface area contributed by atoms with E-state index in [9.17, 15) is 9.59 Å². The summed E-state index contributed by atoms with van der Waals surface area (Å²) in [5, 5.41) is 8.18. The van der Waals surface area contributed by atoms with Gasteiger partial charge in [0.2, 0.25) is 0 Å². The first-order chi connectivity index (χ1) is 5.70. The Morgan fingerprint density at radius 3 is 2.50 bits per heavy atom. The van der Waals surface area contributed by atoms with Crippen molar-refractivity contribution in [2.75, 3.05) is 19.8 Å². The molecule has 0 fully saturated rings. The summed E-state index contributed by atoms with van der Waals surface area (Å²) in [6.07, 6.45) is 1.39. The molecular weight excluding hydrogens is 164 g/mol. The van der Waals surface area contributed by atoms with Crippen LogP contribution in [-0.4, -0.2) is 36.9 Å². The molecule has 0 aliphatic rings. The lowest BCUT2D eigenvalue weighted by molar-refractivity contribution is -0.159. The number of aliphatic hydroxyl groups excluding tert-OH is 1. The highest BCUT2D eigenvalue weighted by molar-refractivity contribution is 5.76. The predicted molar refractivity (Wildman–Crippen MR) is 39.2 cm³/mol. The van der Waals surface area contributed by atoms with Crippen LogP contribution in [-0.2, 0) is 19.1 Å². The molecule has 0 saturated carbocycles. The first kappa shape index (κ1) is 10.6. The zero-order valence-corrected chi connectivity index (χ0v) is 6.49. The Balaban J connectivity index is 3.43. The van der Waals surface area contributed by atoms with E-state index in [-0.39, 0.29) is 6.61 Å². The molecule has 0 spiro atoms. The second kappa shape index (κ2) is 6.36. The van der Waals surface area contributed by atoms with Gasteiger partial charge in [0, 0.05) is 0 Å². The molecule has 5 nitrogen and oxygen atoms in total. The maximum Gasteiger partial charge on any atom is 0.344 e. The van der Waals surface area contributed by atoms with E-state index in [0.29, 0.717) is 0 Å². The molecule has 0 saturated heterocycles. The fourth-order valence-electron chi connectivity index (χ4n) is 0.379. The average molecular weight is 174 g/mol. The van der Waals surface area contributed by atoms with Crippen LogP contribution < -0.4 is 0 Å². The average Bonchev–Trinajstić information content (AvgIpc) is 2.10. The van der Waals surface area contributed by atoms with Gasteiger partial charge in [0.15, 0.2) is 6.61 Å². The van der Waals surface area contributed by atoms with Crippen LogP contribution in [0.15, 0.2) is 12.7 Å². The zero-order valence-electron chi connectivity index (χ0n) is 6.49. The van der Waals surface area contributed by atoms with Crippen molar-refractivity contribution in [3.05, 3.63) is 12.7 Å². The molecule has 0 aromatic heterocycles. The molecule has 0 radical (unpaired) electrons. The first-order valence-electron chi connectivity index (χ1n) is 3.23. The number of hydrogen-bond acceptors (Lipinski definition) is 5. The molecule has 1 N–H and O–H groups in total. The third-order valence-corrected chi connectivity index (χ3v) is 0.842. The highest BCUT2D eigenvalue weighted by Crippen LogP contribution is 1.82.